The summed E-state index contributed by atoms with van der Waals surface area (Å²) in [7, 11) is 0. The standard InChI is InChI=1S/C19H16N4O5/c1-2-28-16(24)8-9-20-19-11-4-3-5-13-17(11)12(10-21-19)18(25)14-6-7-15(22(13)14)23(26)27/h3-7,10H,2,8-9H2,1H3,(H,20,21). The van der Waals surface area contributed by atoms with Crippen LogP contribution < -0.4 is 10.7 Å². The van der Waals surface area contributed by atoms with E-state index in [-0.39, 0.29) is 29.2 Å². The molecule has 3 heterocycles. The highest BCUT2D eigenvalue weighted by atomic mass is 16.6. The lowest BCUT2D eigenvalue weighted by molar-refractivity contribution is -0.390. The van der Waals surface area contributed by atoms with Crippen LogP contribution in [-0.4, -0.2) is 33.4 Å². The summed E-state index contributed by atoms with van der Waals surface area (Å²) in [5, 5.41) is 16.1. The molecule has 1 N–H and O–H groups in total. The molecule has 0 fully saturated rings. The van der Waals surface area contributed by atoms with Crippen molar-refractivity contribution in [3.63, 3.8) is 0 Å². The molecule has 0 amide bonds. The van der Waals surface area contributed by atoms with Crippen LogP contribution in [0.2, 0.25) is 0 Å². The maximum absolute atomic E-state index is 12.9. The van der Waals surface area contributed by atoms with Gasteiger partial charge in [0.05, 0.1) is 18.4 Å². The number of benzene rings is 1. The fraction of sp³-hybridized carbons (Fsp3) is 0.211. The SMILES string of the molecule is CCOC(=O)CCNc1ncc2c(=O)c3ccc([N+](=O)[O-])n3c3cccc1c23. The van der Waals surface area contributed by atoms with Crippen LogP contribution in [0.4, 0.5) is 11.6 Å². The molecule has 0 bridgehead atoms. The van der Waals surface area contributed by atoms with Gasteiger partial charge in [0.2, 0.25) is 5.43 Å². The maximum atomic E-state index is 12.9. The van der Waals surface area contributed by atoms with Gasteiger partial charge in [-0.15, -0.1) is 0 Å². The molecule has 9 nitrogen and oxygen atoms in total. The smallest absolute Gasteiger partial charge is 0.328 e. The van der Waals surface area contributed by atoms with Crippen molar-refractivity contribution < 1.29 is 14.5 Å². The first kappa shape index (κ1) is 17.7. The fourth-order valence-electron chi connectivity index (χ4n) is 3.44. The van der Waals surface area contributed by atoms with E-state index < -0.39 is 4.92 Å². The Hall–Kier alpha value is -3.75. The van der Waals surface area contributed by atoms with Gasteiger partial charge in [0.1, 0.15) is 11.3 Å². The summed E-state index contributed by atoms with van der Waals surface area (Å²) in [5.74, 6) is 0.00612. The zero-order valence-electron chi connectivity index (χ0n) is 15.0. The third kappa shape index (κ3) is 2.68. The number of ether oxygens (including phenoxy) is 1. The van der Waals surface area contributed by atoms with E-state index in [4.69, 9.17) is 4.74 Å². The number of anilines is 1. The van der Waals surface area contributed by atoms with E-state index in [9.17, 15) is 19.7 Å². The van der Waals surface area contributed by atoms with Gasteiger partial charge in [-0.25, -0.2) is 4.98 Å². The number of carbonyl (C=O) groups excluding carboxylic acids is 1. The van der Waals surface area contributed by atoms with Crippen molar-refractivity contribution in [3.05, 3.63) is 56.9 Å². The number of rotatable bonds is 6. The molecule has 9 heteroatoms. The third-order valence-corrected chi connectivity index (χ3v) is 4.58. The Morgan fingerprint density at radius 1 is 1.25 bits per heavy atom. The van der Waals surface area contributed by atoms with Gasteiger partial charge < -0.3 is 20.2 Å². The van der Waals surface area contributed by atoms with Crippen LogP contribution >= 0.6 is 0 Å². The molecule has 4 rings (SSSR count). The number of nitrogens with zero attached hydrogens (tertiary/aromatic N) is 3. The molecule has 0 aliphatic heterocycles. The topological polar surface area (TPSA) is 116 Å². The van der Waals surface area contributed by atoms with Crippen molar-refractivity contribution in [3.8, 4) is 0 Å². The second-order valence-corrected chi connectivity index (χ2v) is 6.20. The van der Waals surface area contributed by atoms with Gasteiger partial charge in [-0.05, 0) is 24.0 Å². The zero-order chi connectivity index (χ0) is 19.8. The van der Waals surface area contributed by atoms with Crippen LogP contribution in [-0.2, 0) is 9.53 Å². The van der Waals surface area contributed by atoms with E-state index in [2.05, 4.69) is 10.3 Å². The van der Waals surface area contributed by atoms with Crippen LogP contribution in [0.1, 0.15) is 13.3 Å². The molecule has 4 aromatic rings. The summed E-state index contributed by atoms with van der Waals surface area (Å²) in [5.41, 5.74) is 0.466. The van der Waals surface area contributed by atoms with Gasteiger partial charge in [0.15, 0.2) is 5.52 Å². The zero-order valence-corrected chi connectivity index (χ0v) is 15.0. The first-order chi connectivity index (χ1) is 13.5. The molecule has 0 saturated carbocycles. The van der Waals surface area contributed by atoms with Gasteiger partial charge in [-0.1, -0.05) is 12.1 Å². The second-order valence-electron chi connectivity index (χ2n) is 6.20. The number of fused-ring (bicyclic) bond motifs is 2. The summed E-state index contributed by atoms with van der Waals surface area (Å²) < 4.78 is 6.26. The molecule has 0 radical (unpaired) electrons. The minimum absolute atomic E-state index is 0.171. The van der Waals surface area contributed by atoms with Crippen LogP contribution in [0.15, 0.2) is 41.3 Å². The predicted octanol–water partition coefficient (Wildman–Crippen LogP) is 2.71. The Kier molecular flexibility index (Phi) is 4.26. The number of esters is 1. The maximum Gasteiger partial charge on any atom is 0.328 e. The number of carbonyl (C=O) groups is 1. The largest absolute Gasteiger partial charge is 0.466 e. The van der Waals surface area contributed by atoms with Gasteiger partial charge in [-0.3, -0.25) is 9.59 Å². The number of hydrogen-bond donors (Lipinski definition) is 1. The molecule has 1 aromatic carbocycles. The van der Waals surface area contributed by atoms with E-state index in [0.29, 0.717) is 40.6 Å². The van der Waals surface area contributed by atoms with Crippen molar-refractivity contribution in [2.75, 3.05) is 18.5 Å². The molecular formula is C19H16N4O5. The summed E-state index contributed by atoms with van der Waals surface area (Å²) in [4.78, 5) is 39.6. The molecule has 0 spiro atoms. The quantitative estimate of drug-likeness (QED) is 0.310. The van der Waals surface area contributed by atoms with E-state index in [1.807, 2.05) is 0 Å². The molecule has 0 aliphatic rings. The first-order valence-electron chi connectivity index (χ1n) is 8.75. The van der Waals surface area contributed by atoms with E-state index in [1.165, 1.54) is 22.7 Å². The Morgan fingerprint density at radius 3 is 2.82 bits per heavy atom. The minimum atomic E-state index is -0.514. The molecule has 0 saturated heterocycles. The van der Waals surface area contributed by atoms with E-state index in [1.54, 1.807) is 25.1 Å². The van der Waals surface area contributed by atoms with Crippen LogP contribution in [0.25, 0.3) is 27.2 Å². The van der Waals surface area contributed by atoms with Crippen LogP contribution in [0.5, 0.6) is 0 Å². The fourth-order valence-corrected chi connectivity index (χ4v) is 3.44. The van der Waals surface area contributed by atoms with Gasteiger partial charge in [-0.2, -0.15) is 4.40 Å². The monoisotopic (exact) mass is 380 g/mol. The summed E-state index contributed by atoms with van der Waals surface area (Å²) in [6.07, 6.45) is 1.63. The number of hydrogen-bond acceptors (Lipinski definition) is 7. The van der Waals surface area contributed by atoms with Crippen molar-refractivity contribution in [1.82, 2.24) is 9.38 Å². The Morgan fingerprint density at radius 2 is 2.07 bits per heavy atom. The Balaban J connectivity index is 1.88. The van der Waals surface area contributed by atoms with Crippen molar-refractivity contribution in [1.29, 1.82) is 0 Å². The normalized spacial score (nSPS) is 11.3. The highest BCUT2D eigenvalue weighted by Gasteiger charge is 2.22. The lowest BCUT2D eigenvalue weighted by atomic mass is 10.1. The number of aromatic nitrogens is 2. The van der Waals surface area contributed by atoms with Crippen molar-refractivity contribution in [2.45, 2.75) is 13.3 Å². The number of pyridine rings is 2. The van der Waals surface area contributed by atoms with E-state index >= 15 is 0 Å². The molecule has 0 atom stereocenters. The summed E-state index contributed by atoms with van der Waals surface area (Å²) >= 11 is 0. The van der Waals surface area contributed by atoms with Crippen molar-refractivity contribution >= 4 is 44.8 Å². The average molecular weight is 380 g/mol. The molecular weight excluding hydrogens is 364 g/mol. The number of nitro groups is 1. The van der Waals surface area contributed by atoms with Gasteiger partial charge >= 0.3 is 11.8 Å². The molecule has 142 valence electrons. The molecule has 0 aliphatic carbocycles. The third-order valence-electron chi connectivity index (χ3n) is 4.58. The lowest BCUT2D eigenvalue weighted by Gasteiger charge is -2.11. The summed E-state index contributed by atoms with van der Waals surface area (Å²) in [6, 6.07) is 8.05. The molecule has 0 unspecified atom stereocenters. The van der Waals surface area contributed by atoms with Crippen LogP contribution in [0, 0.1) is 10.1 Å². The lowest BCUT2D eigenvalue weighted by Crippen LogP contribution is -2.13. The summed E-state index contributed by atoms with van der Waals surface area (Å²) in [6.45, 7) is 2.37. The Bertz CT molecular complexity index is 1280. The Labute approximate surface area is 158 Å². The second kappa shape index (κ2) is 6.76. The molecule has 3 aromatic heterocycles. The highest BCUT2D eigenvalue weighted by molar-refractivity contribution is 6.13. The van der Waals surface area contributed by atoms with Crippen LogP contribution in [0.3, 0.4) is 0 Å². The van der Waals surface area contributed by atoms with Gasteiger partial charge in [0, 0.05) is 29.6 Å². The molecule has 28 heavy (non-hydrogen) atoms. The van der Waals surface area contributed by atoms with E-state index in [0.717, 1.165) is 0 Å². The highest BCUT2D eigenvalue weighted by Crippen LogP contribution is 2.32. The van der Waals surface area contributed by atoms with Gasteiger partial charge in [0.25, 0.3) is 0 Å². The minimum Gasteiger partial charge on any atom is -0.466 e. The predicted molar refractivity (Wildman–Crippen MR) is 104 cm³/mol. The first-order valence-corrected chi connectivity index (χ1v) is 8.75. The average Bonchev–Trinajstić information content (AvgIpc) is 3.13. The van der Waals surface area contributed by atoms with Crippen molar-refractivity contribution in [2.24, 2.45) is 0 Å². The number of nitrogens with one attached hydrogen (secondary N) is 1.